The number of hydrogen-bond donors (Lipinski definition) is 1. The highest BCUT2D eigenvalue weighted by Gasteiger charge is 2.46. The Morgan fingerprint density at radius 2 is 2.15 bits per heavy atom. The van der Waals surface area contributed by atoms with Crippen molar-refractivity contribution in [3.05, 3.63) is 28.2 Å². The predicted octanol–water partition coefficient (Wildman–Crippen LogP) is 4.13. The van der Waals surface area contributed by atoms with Crippen LogP contribution in [0.5, 0.6) is 5.75 Å². The Bertz CT molecular complexity index is 518. The van der Waals surface area contributed by atoms with Gasteiger partial charge in [-0.05, 0) is 65.2 Å². The van der Waals surface area contributed by atoms with Crippen LogP contribution < -0.4 is 4.74 Å². The second-order valence-corrected chi connectivity index (χ2v) is 6.96. The van der Waals surface area contributed by atoms with E-state index in [4.69, 9.17) is 9.84 Å². The molecule has 4 heteroatoms. The molecule has 20 heavy (non-hydrogen) atoms. The first-order valence-electron chi connectivity index (χ1n) is 7.24. The van der Waals surface area contributed by atoms with E-state index in [9.17, 15) is 4.79 Å². The molecule has 0 aliphatic heterocycles. The molecule has 1 aromatic rings. The van der Waals surface area contributed by atoms with E-state index in [2.05, 4.69) is 15.9 Å². The largest absolute Gasteiger partial charge is 0.492 e. The van der Waals surface area contributed by atoms with Gasteiger partial charge in [-0.1, -0.05) is 12.5 Å². The second kappa shape index (κ2) is 5.40. The Hall–Kier alpha value is -1.03. The first kappa shape index (κ1) is 13.9. The molecule has 0 amide bonds. The summed E-state index contributed by atoms with van der Waals surface area (Å²) in [5.74, 6) is 0.860. The van der Waals surface area contributed by atoms with Crippen molar-refractivity contribution in [1.29, 1.82) is 0 Å². The zero-order valence-electron chi connectivity index (χ0n) is 11.4. The highest BCUT2D eigenvalue weighted by molar-refractivity contribution is 9.10. The SMILES string of the molecule is O=C(O)CC1(c2ccc(OCC3CCC3)c(Br)c2)CC1. The van der Waals surface area contributed by atoms with E-state index in [0.29, 0.717) is 5.92 Å². The topological polar surface area (TPSA) is 46.5 Å². The fourth-order valence-electron chi connectivity index (χ4n) is 2.82. The molecule has 1 N–H and O–H groups in total. The van der Waals surface area contributed by atoms with Crippen molar-refractivity contribution in [3.8, 4) is 5.75 Å². The molecule has 2 aliphatic rings. The van der Waals surface area contributed by atoms with Crippen LogP contribution in [0.25, 0.3) is 0 Å². The van der Waals surface area contributed by atoms with Crippen LogP contribution in [0.1, 0.15) is 44.1 Å². The summed E-state index contributed by atoms with van der Waals surface area (Å²) >= 11 is 3.55. The number of benzene rings is 1. The second-order valence-electron chi connectivity index (χ2n) is 6.10. The summed E-state index contributed by atoms with van der Waals surface area (Å²) in [7, 11) is 0. The molecule has 1 aromatic carbocycles. The van der Waals surface area contributed by atoms with Gasteiger partial charge in [0.05, 0.1) is 17.5 Å². The molecule has 0 atom stereocenters. The first-order chi connectivity index (χ1) is 9.59. The maximum absolute atomic E-state index is 11.0. The third-order valence-corrected chi connectivity index (χ3v) is 5.21. The maximum atomic E-state index is 11.0. The van der Waals surface area contributed by atoms with Gasteiger partial charge in [0.1, 0.15) is 5.75 Å². The van der Waals surface area contributed by atoms with E-state index in [1.165, 1.54) is 19.3 Å². The molecule has 3 nitrogen and oxygen atoms in total. The van der Waals surface area contributed by atoms with Crippen LogP contribution in [0, 0.1) is 5.92 Å². The van der Waals surface area contributed by atoms with Gasteiger partial charge in [0, 0.05) is 5.41 Å². The normalized spacial score (nSPS) is 20.2. The van der Waals surface area contributed by atoms with E-state index in [1.807, 2.05) is 18.2 Å². The number of rotatable bonds is 6. The van der Waals surface area contributed by atoms with Gasteiger partial charge >= 0.3 is 5.97 Å². The number of carbonyl (C=O) groups is 1. The smallest absolute Gasteiger partial charge is 0.304 e. The Morgan fingerprint density at radius 1 is 1.40 bits per heavy atom. The van der Waals surface area contributed by atoms with E-state index in [0.717, 1.165) is 35.2 Å². The summed E-state index contributed by atoms with van der Waals surface area (Å²) in [4.78, 5) is 11.0. The lowest BCUT2D eigenvalue weighted by Crippen LogP contribution is -2.19. The molecular weight excluding hydrogens is 320 g/mol. The molecule has 3 rings (SSSR count). The molecule has 0 bridgehead atoms. The van der Waals surface area contributed by atoms with E-state index < -0.39 is 5.97 Å². The van der Waals surface area contributed by atoms with Crippen LogP contribution in [-0.2, 0) is 10.2 Å². The Morgan fingerprint density at radius 3 is 2.65 bits per heavy atom. The minimum Gasteiger partial charge on any atom is -0.492 e. The van der Waals surface area contributed by atoms with Crippen LogP contribution in [0.2, 0.25) is 0 Å². The summed E-state index contributed by atoms with van der Waals surface area (Å²) in [6, 6.07) is 6.03. The third-order valence-electron chi connectivity index (χ3n) is 4.59. The number of ether oxygens (including phenoxy) is 1. The number of carboxylic acid groups (broad SMARTS) is 1. The molecule has 2 saturated carbocycles. The number of hydrogen-bond acceptors (Lipinski definition) is 2. The molecule has 0 radical (unpaired) electrons. The highest BCUT2D eigenvalue weighted by Crippen LogP contribution is 2.52. The molecule has 108 valence electrons. The van der Waals surface area contributed by atoms with Crippen molar-refractivity contribution in [2.75, 3.05) is 6.61 Å². The van der Waals surface area contributed by atoms with Gasteiger partial charge < -0.3 is 9.84 Å². The van der Waals surface area contributed by atoms with Crippen LogP contribution in [0.4, 0.5) is 0 Å². The Kier molecular flexibility index (Phi) is 3.76. The van der Waals surface area contributed by atoms with Gasteiger partial charge in [-0.3, -0.25) is 4.79 Å². The minimum atomic E-state index is -0.719. The predicted molar refractivity (Wildman–Crippen MR) is 80.1 cm³/mol. The van der Waals surface area contributed by atoms with Gasteiger partial charge in [0.25, 0.3) is 0 Å². The van der Waals surface area contributed by atoms with Crippen LogP contribution in [0.3, 0.4) is 0 Å². The van der Waals surface area contributed by atoms with Crippen molar-refractivity contribution < 1.29 is 14.6 Å². The lowest BCUT2D eigenvalue weighted by atomic mass is 9.86. The number of carboxylic acids is 1. The summed E-state index contributed by atoms with van der Waals surface area (Å²) in [5.41, 5.74) is 0.976. The fraction of sp³-hybridized carbons (Fsp3) is 0.562. The van der Waals surface area contributed by atoms with Crippen LogP contribution in [-0.4, -0.2) is 17.7 Å². The molecule has 0 heterocycles. The van der Waals surface area contributed by atoms with Gasteiger partial charge in [-0.2, -0.15) is 0 Å². The average molecular weight is 339 g/mol. The average Bonchev–Trinajstić information content (AvgIpc) is 3.09. The zero-order valence-corrected chi connectivity index (χ0v) is 13.0. The van der Waals surface area contributed by atoms with Gasteiger partial charge in [0.2, 0.25) is 0 Å². The van der Waals surface area contributed by atoms with Crippen molar-refractivity contribution in [2.24, 2.45) is 5.92 Å². The highest BCUT2D eigenvalue weighted by atomic mass is 79.9. The van der Waals surface area contributed by atoms with Gasteiger partial charge in [-0.15, -0.1) is 0 Å². The first-order valence-corrected chi connectivity index (χ1v) is 8.03. The Labute approximate surface area is 127 Å². The lowest BCUT2D eigenvalue weighted by Gasteiger charge is -2.25. The van der Waals surface area contributed by atoms with Crippen molar-refractivity contribution in [3.63, 3.8) is 0 Å². The monoisotopic (exact) mass is 338 g/mol. The standard InChI is InChI=1S/C16H19BrO3/c17-13-8-12(16(6-7-16)9-15(18)19)4-5-14(13)20-10-11-2-1-3-11/h4-5,8,11H,1-3,6-7,9-10H2,(H,18,19). The molecule has 0 aromatic heterocycles. The summed E-state index contributed by atoms with van der Waals surface area (Å²) in [6.07, 6.45) is 6.03. The van der Waals surface area contributed by atoms with E-state index in [-0.39, 0.29) is 11.8 Å². The Balaban J connectivity index is 1.68. The van der Waals surface area contributed by atoms with Gasteiger partial charge in [0.15, 0.2) is 0 Å². The van der Waals surface area contributed by atoms with E-state index in [1.54, 1.807) is 0 Å². The number of halogens is 1. The maximum Gasteiger partial charge on any atom is 0.304 e. The van der Waals surface area contributed by atoms with Crippen molar-refractivity contribution in [1.82, 2.24) is 0 Å². The molecular formula is C16H19BrO3. The third kappa shape index (κ3) is 2.85. The zero-order chi connectivity index (χ0) is 14.2. The van der Waals surface area contributed by atoms with Crippen molar-refractivity contribution in [2.45, 2.75) is 43.9 Å². The van der Waals surface area contributed by atoms with Gasteiger partial charge in [-0.25, -0.2) is 0 Å². The fourth-order valence-corrected chi connectivity index (χ4v) is 3.32. The minimum absolute atomic E-state index is 0.138. The summed E-state index contributed by atoms with van der Waals surface area (Å²) < 4.78 is 6.78. The summed E-state index contributed by atoms with van der Waals surface area (Å²) in [5, 5.41) is 9.02. The van der Waals surface area contributed by atoms with E-state index >= 15 is 0 Å². The van der Waals surface area contributed by atoms with Crippen molar-refractivity contribution >= 4 is 21.9 Å². The molecule has 2 aliphatic carbocycles. The quantitative estimate of drug-likeness (QED) is 0.847. The van der Waals surface area contributed by atoms with Crippen LogP contribution in [0.15, 0.2) is 22.7 Å². The molecule has 2 fully saturated rings. The van der Waals surface area contributed by atoms with Crippen LogP contribution >= 0.6 is 15.9 Å². The molecule has 0 spiro atoms. The number of aliphatic carboxylic acids is 1. The molecule has 0 saturated heterocycles. The lowest BCUT2D eigenvalue weighted by molar-refractivity contribution is -0.137. The summed E-state index contributed by atoms with van der Waals surface area (Å²) in [6.45, 7) is 0.790. The molecule has 0 unspecified atom stereocenters.